The first kappa shape index (κ1) is 13.7. The zero-order chi connectivity index (χ0) is 15.9. The summed E-state index contributed by atoms with van der Waals surface area (Å²) in [6.45, 7) is 1.08. The Hall–Kier alpha value is -2.70. The van der Waals surface area contributed by atoms with Gasteiger partial charge in [-0.05, 0) is 30.9 Å². The van der Waals surface area contributed by atoms with E-state index in [2.05, 4.69) is 60.0 Å². The molecule has 2 atom stereocenters. The van der Waals surface area contributed by atoms with E-state index in [4.69, 9.17) is 0 Å². The molecule has 24 heavy (non-hydrogen) atoms. The zero-order valence-electron chi connectivity index (χ0n) is 13.3. The van der Waals surface area contributed by atoms with Crippen molar-refractivity contribution in [3.8, 4) is 0 Å². The van der Waals surface area contributed by atoms with Crippen molar-refractivity contribution in [2.45, 2.75) is 25.3 Å². The van der Waals surface area contributed by atoms with Gasteiger partial charge in [0.1, 0.15) is 0 Å². The summed E-state index contributed by atoms with van der Waals surface area (Å²) >= 11 is 0. The highest BCUT2D eigenvalue weighted by Gasteiger charge is 2.32. The second kappa shape index (κ2) is 5.43. The summed E-state index contributed by atoms with van der Waals surface area (Å²) in [4.78, 5) is 8.52. The lowest BCUT2D eigenvalue weighted by molar-refractivity contribution is 0.163. The van der Waals surface area contributed by atoms with E-state index in [9.17, 15) is 0 Å². The third-order valence-electron chi connectivity index (χ3n) is 5.10. The maximum Gasteiger partial charge on any atom is 0.201 e. The second-order valence-corrected chi connectivity index (χ2v) is 6.68. The van der Waals surface area contributed by atoms with Gasteiger partial charge in [0.15, 0.2) is 11.3 Å². The molecule has 2 N–H and O–H groups in total. The number of aromatic amines is 1. The molecule has 2 unspecified atom stereocenters. The quantitative estimate of drug-likeness (QED) is 0.903. The summed E-state index contributed by atoms with van der Waals surface area (Å²) in [7, 11) is 0. The molecule has 7 heteroatoms. The molecule has 0 saturated heterocycles. The molecule has 0 radical (unpaired) electrons. The summed E-state index contributed by atoms with van der Waals surface area (Å²) in [5.74, 6) is 1.92. The number of rotatable bonds is 4. The smallest absolute Gasteiger partial charge is 0.201 e. The number of hydrogen-bond acceptors (Lipinski definition) is 6. The first-order valence-electron chi connectivity index (χ1n) is 8.50. The number of H-pyrrole nitrogens is 1. The Labute approximate surface area is 139 Å². The molecule has 3 aliphatic rings. The average molecular weight is 321 g/mol. The van der Waals surface area contributed by atoms with Crippen molar-refractivity contribution in [3.63, 3.8) is 0 Å². The Morgan fingerprint density at radius 1 is 1.25 bits per heavy atom. The minimum Gasteiger partial charge on any atom is -0.339 e. The molecule has 5 rings (SSSR count). The molecule has 7 nitrogen and oxygen atoms in total. The van der Waals surface area contributed by atoms with Gasteiger partial charge in [0.25, 0.3) is 0 Å². The lowest BCUT2D eigenvalue weighted by atomic mass is 9.84. The minimum absolute atomic E-state index is 0.317. The SMILES string of the molecule is C1=CC2C(C=NN2CC2CCC2)C=C1Nc1[nH]nc2nccnc12. The molecule has 122 valence electrons. The van der Waals surface area contributed by atoms with Gasteiger partial charge in [-0.2, -0.15) is 10.2 Å². The van der Waals surface area contributed by atoms with Crippen LogP contribution in [-0.2, 0) is 0 Å². The Morgan fingerprint density at radius 2 is 2.17 bits per heavy atom. The highest BCUT2D eigenvalue weighted by Crippen LogP contribution is 2.32. The Kier molecular flexibility index (Phi) is 3.11. The van der Waals surface area contributed by atoms with Crippen molar-refractivity contribution >= 4 is 23.2 Å². The van der Waals surface area contributed by atoms with Gasteiger partial charge >= 0.3 is 0 Å². The summed E-state index contributed by atoms with van der Waals surface area (Å²) < 4.78 is 0. The fraction of sp³-hybridized carbons (Fsp3) is 0.412. The van der Waals surface area contributed by atoms with Crippen LogP contribution in [0.1, 0.15) is 19.3 Å². The van der Waals surface area contributed by atoms with Gasteiger partial charge in [-0.3, -0.25) is 10.1 Å². The topological polar surface area (TPSA) is 82.1 Å². The average Bonchev–Trinajstić information content (AvgIpc) is 3.15. The molecule has 2 aliphatic carbocycles. The van der Waals surface area contributed by atoms with E-state index in [1.807, 2.05) is 0 Å². The van der Waals surface area contributed by atoms with Crippen LogP contribution < -0.4 is 5.32 Å². The first-order chi connectivity index (χ1) is 11.9. The monoisotopic (exact) mass is 321 g/mol. The molecule has 1 aliphatic heterocycles. The van der Waals surface area contributed by atoms with Gasteiger partial charge in [0, 0.05) is 36.8 Å². The second-order valence-electron chi connectivity index (χ2n) is 6.68. The summed E-state index contributed by atoms with van der Waals surface area (Å²) in [6.07, 6.45) is 16.0. The van der Waals surface area contributed by atoms with Gasteiger partial charge in [-0.15, -0.1) is 0 Å². The van der Waals surface area contributed by atoms with Crippen LogP contribution in [0.15, 0.2) is 41.4 Å². The molecule has 3 heterocycles. The number of fused-ring (bicyclic) bond motifs is 2. The van der Waals surface area contributed by atoms with Crippen molar-refractivity contribution < 1.29 is 0 Å². The highest BCUT2D eigenvalue weighted by atomic mass is 15.5. The zero-order valence-corrected chi connectivity index (χ0v) is 13.3. The van der Waals surface area contributed by atoms with Crippen molar-refractivity contribution in [3.05, 3.63) is 36.3 Å². The van der Waals surface area contributed by atoms with Crippen LogP contribution >= 0.6 is 0 Å². The summed E-state index contributed by atoms with van der Waals surface area (Å²) in [5, 5.41) is 17.4. The Bertz CT molecular complexity index is 845. The molecule has 0 spiro atoms. The summed E-state index contributed by atoms with van der Waals surface area (Å²) in [6, 6.07) is 0.356. The number of nitrogens with one attached hydrogen (secondary N) is 2. The predicted molar refractivity (Wildman–Crippen MR) is 92.3 cm³/mol. The highest BCUT2D eigenvalue weighted by molar-refractivity contribution is 5.83. The molecule has 0 amide bonds. The Balaban J connectivity index is 1.32. The van der Waals surface area contributed by atoms with Crippen LogP contribution in [0.25, 0.3) is 11.2 Å². The minimum atomic E-state index is 0.317. The van der Waals surface area contributed by atoms with Gasteiger partial charge in [0.2, 0.25) is 5.65 Å². The van der Waals surface area contributed by atoms with Crippen LogP contribution in [0.3, 0.4) is 0 Å². The van der Waals surface area contributed by atoms with Gasteiger partial charge in [-0.25, -0.2) is 9.97 Å². The van der Waals surface area contributed by atoms with Crippen molar-refractivity contribution in [2.24, 2.45) is 16.9 Å². The molecular formula is C17H19N7. The van der Waals surface area contributed by atoms with E-state index in [0.717, 1.165) is 29.5 Å². The molecule has 2 aromatic rings. The van der Waals surface area contributed by atoms with E-state index in [0.29, 0.717) is 17.6 Å². The first-order valence-corrected chi connectivity index (χ1v) is 8.50. The standard InChI is InChI=1S/C17H19N7/c1-2-11(3-1)10-24-14-5-4-13(8-12(14)9-20-24)21-17-15-16(22-23-17)19-7-6-18-15/h4-9,11-12,14H,1-3,10H2,(H2,19,21,22,23). The number of hydrazone groups is 1. The van der Waals surface area contributed by atoms with E-state index >= 15 is 0 Å². The number of hydrogen-bond donors (Lipinski definition) is 2. The third kappa shape index (κ3) is 2.28. The van der Waals surface area contributed by atoms with Crippen LogP contribution in [-0.4, -0.2) is 44.0 Å². The van der Waals surface area contributed by atoms with Gasteiger partial charge in [0.05, 0.1) is 6.04 Å². The molecule has 2 aromatic heterocycles. The molecular weight excluding hydrogens is 302 g/mol. The number of aromatic nitrogens is 4. The largest absolute Gasteiger partial charge is 0.339 e. The lowest BCUT2D eigenvalue weighted by Crippen LogP contribution is -2.36. The van der Waals surface area contributed by atoms with Crippen LogP contribution in [0, 0.1) is 11.8 Å². The fourth-order valence-electron chi connectivity index (χ4n) is 3.54. The normalized spacial score (nSPS) is 25.7. The maximum atomic E-state index is 4.63. The van der Waals surface area contributed by atoms with Crippen LogP contribution in [0.5, 0.6) is 0 Å². The fourth-order valence-corrected chi connectivity index (χ4v) is 3.54. The molecule has 0 bridgehead atoms. The van der Waals surface area contributed by atoms with Crippen molar-refractivity contribution in [1.82, 2.24) is 25.2 Å². The van der Waals surface area contributed by atoms with E-state index in [1.165, 1.54) is 19.3 Å². The molecule has 1 saturated carbocycles. The van der Waals surface area contributed by atoms with Crippen molar-refractivity contribution in [2.75, 3.05) is 11.9 Å². The predicted octanol–water partition coefficient (Wildman–Crippen LogP) is 2.30. The van der Waals surface area contributed by atoms with Gasteiger partial charge in [-0.1, -0.05) is 12.5 Å². The van der Waals surface area contributed by atoms with E-state index in [1.54, 1.807) is 12.4 Å². The maximum absolute atomic E-state index is 4.63. The number of allylic oxidation sites excluding steroid dienone is 1. The number of anilines is 1. The molecule has 0 aromatic carbocycles. The Morgan fingerprint density at radius 3 is 3.04 bits per heavy atom. The number of nitrogens with zero attached hydrogens (tertiary/aromatic N) is 5. The van der Waals surface area contributed by atoms with E-state index < -0.39 is 0 Å². The van der Waals surface area contributed by atoms with Crippen molar-refractivity contribution in [1.29, 1.82) is 0 Å². The van der Waals surface area contributed by atoms with Crippen LogP contribution in [0.2, 0.25) is 0 Å². The summed E-state index contributed by atoms with van der Waals surface area (Å²) in [5.41, 5.74) is 2.40. The van der Waals surface area contributed by atoms with E-state index in [-0.39, 0.29) is 0 Å². The lowest BCUT2D eigenvalue weighted by Gasteiger charge is -2.33. The van der Waals surface area contributed by atoms with Crippen LogP contribution in [0.4, 0.5) is 5.82 Å². The van der Waals surface area contributed by atoms with Gasteiger partial charge < -0.3 is 5.32 Å². The third-order valence-corrected chi connectivity index (χ3v) is 5.10. The molecule has 1 fully saturated rings.